The molecule has 0 spiro atoms. The number of pyridine rings is 1. The normalized spacial score (nSPS) is 12.0. The molecule has 110 valence electrons. The fourth-order valence-electron chi connectivity index (χ4n) is 1.86. The summed E-state index contributed by atoms with van der Waals surface area (Å²) in [5.74, 6) is 0.644. The summed E-state index contributed by atoms with van der Waals surface area (Å²) in [7, 11) is 0. The molecule has 0 fully saturated rings. The van der Waals surface area contributed by atoms with Gasteiger partial charge in [0.05, 0.1) is 16.8 Å². The number of hydrogen-bond donors (Lipinski definition) is 1. The Labute approximate surface area is 122 Å². The lowest BCUT2D eigenvalue weighted by Gasteiger charge is -2.10. The maximum atomic E-state index is 11.0. The van der Waals surface area contributed by atoms with Gasteiger partial charge in [0.15, 0.2) is 0 Å². The van der Waals surface area contributed by atoms with Crippen molar-refractivity contribution < 1.29 is 9.66 Å². The summed E-state index contributed by atoms with van der Waals surface area (Å²) >= 11 is 0. The first kappa shape index (κ1) is 14.9. The lowest BCUT2D eigenvalue weighted by Crippen LogP contribution is -2.10. The van der Waals surface area contributed by atoms with Crippen molar-refractivity contribution in [3.8, 4) is 11.5 Å². The van der Waals surface area contributed by atoms with Crippen molar-refractivity contribution >= 4 is 5.69 Å². The number of hydrogen-bond acceptors (Lipinski definition) is 5. The maximum Gasteiger partial charge on any atom is 0.311 e. The molecule has 0 amide bonds. The molecule has 0 aliphatic heterocycles. The van der Waals surface area contributed by atoms with Gasteiger partial charge in [0, 0.05) is 12.1 Å². The van der Waals surface area contributed by atoms with Gasteiger partial charge in [-0.3, -0.25) is 15.1 Å². The molecule has 0 bridgehead atoms. The van der Waals surface area contributed by atoms with Crippen LogP contribution in [0.15, 0.2) is 36.5 Å². The second kappa shape index (κ2) is 6.32. The van der Waals surface area contributed by atoms with Gasteiger partial charge in [0.1, 0.15) is 5.75 Å². The van der Waals surface area contributed by atoms with Gasteiger partial charge in [-0.15, -0.1) is 0 Å². The number of ether oxygens (including phenoxy) is 1. The van der Waals surface area contributed by atoms with Crippen LogP contribution in [0.5, 0.6) is 11.5 Å². The Bertz CT molecular complexity index is 641. The number of rotatable bonds is 5. The first-order valence-corrected chi connectivity index (χ1v) is 6.65. The lowest BCUT2D eigenvalue weighted by atomic mass is 10.1. The molecule has 21 heavy (non-hydrogen) atoms. The van der Waals surface area contributed by atoms with E-state index in [-0.39, 0.29) is 17.5 Å². The monoisotopic (exact) mass is 287 g/mol. The molecule has 2 N–H and O–H groups in total. The molecule has 2 rings (SSSR count). The Morgan fingerprint density at radius 3 is 2.71 bits per heavy atom. The first-order valence-electron chi connectivity index (χ1n) is 6.65. The largest absolute Gasteiger partial charge is 0.448 e. The highest BCUT2D eigenvalue weighted by atomic mass is 16.6. The van der Waals surface area contributed by atoms with E-state index in [0.717, 1.165) is 17.7 Å². The molecule has 1 atom stereocenters. The van der Waals surface area contributed by atoms with Crippen LogP contribution in [-0.4, -0.2) is 9.91 Å². The average molecular weight is 287 g/mol. The minimum absolute atomic E-state index is 0.0741. The van der Waals surface area contributed by atoms with E-state index in [0.29, 0.717) is 5.75 Å². The Morgan fingerprint density at radius 1 is 1.38 bits per heavy atom. The smallest absolute Gasteiger partial charge is 0.311 e. The van der Waals surface area contributed by atoms with Gasteiger partial charge in [-0.05, 0) is 37.1 Å². The number of nitro benzene ring substituents is 1. The van der Waals surface area contributed by atoms with Crippen molar-refractivity contribution in [1.29, 1.82) is 0 Å². The number of nitro groups is 1. The third-order valence-corrected chi connectivity index (χ3v) is 3.12. The summed E-state index contributed by atoms with van der Waals surface area (Å²) < 4.78 is 5.58. The zero-order valence-corrected chi connectivity index (χ0v) is 11.9. The van der Waals surface area contributed by atoms with E-state index in [4.69, 9.17) is 10.5 Å². The predicted molar refractivity (Wildman–Crippen MR) is 79.4 cm³/mol. The van der Waals surface area contributed by atoms with E-state index in [2.05, 4.69) is 4.98 Å². The Kier molecular flexibility index (Phi) is 4.49. The average Bonchev–Trinajstić information content (AvgIpc) is 2.47. The van der Waals surface area contributed by atoms with Crippen molar-refractivity contribution in [3.63, 3.8) is 0 Å². The van der Waals surface area contributed by atoms with Crippen LogP contribution in [0.2, 0.25) is 0 Å². The molecule has 1 aromatic heterocycles. The maximum absolute atomic E-state index is 11.0. The van der Waals surface area contributed by atoms with Gasteiger partial charge in [0.2, 0.25) is 5.75 Å². The highest BCUT2D eigenvalue weighted by molar-refractivity contribution is 5.50. The van der Waals surface area contributed by atoms with Crippen LogP contribution in [-0.2, 0) is 0 Å². The molecule has 1 heterocycles. The molecule has 1 unspecified atom stereocenters. The van der Waals surface area contributed by atoms with Gasteiger partial charge >= 0.3 is 5.69 Å². The van der Waals surface area contributed by atoms with E-state index in [1.54, 1.807) is 24.3 Å². The topological polar surface area (TPSA) is 91.3 Å². The first-order chi connectivity index (χ1) is 10.0. The van der Waals surface area contributed by atoms with Crippen LogP contribution >= 0.6 is 0 Å². The third kappa shape index (κ3) is 3.55. The zero-order valence-electron chi connectivity index (χ0n) is 11.9. The van der Waals surface area contributed by atoms with E-state index < -0.39 is 4.92 Å². The summed E-state index contributed by atoms with van der Waals surface area (Å²) in [6.07, 6.45) is 2.31. The third-order valence-electron chi connectivity index (χ3n) is 3.12. The fourth-order valence-corrected chi connectivity index (χ4v) is 1.86. The van der Waals surface area contributed by atoms with Crippen LogP contribution in [0.1, 0.15) is 30.6 Å². The van der Waals surface area contributed by atoms with E-state index in [9.17, 15) is 10.1 Å². The molecule has 2 aromatic rings. The summed E-state index contributed by atoms with van der Waals surface area (Å²) in [5, 5.41) is 11.0. The molecule has 1 aromatic carbocycles. The summed E-state index contributed by atoms with van der Waals surface area (Å²) in [5.41, 5.74) is 7.46. The zero-order chi connectivity index (χ0) is 15.4. The van der Waals surface area contributed by atoms with Crippen molar-refractivity contribution in [2.75, 3.05) is 0 Å². The summed E-state index contributed by atoms with van der Waals surface area (Å²) in [6, 6.07) is 8.10. The molecule has 0 aliphatic carbocycles. The summed E-state index contributed by atoms with van der Waals surface area (Å²) in [4.78, 5) is 14.8. The van der Waals surface area contributed by atoms with Gasteiger partial charge < -0.3 is 10.5 Å². The van der Waals surface area contributed by atoms with E-state index >= 15 is 0 Å². The highest BCUT2D eigenvalue weighted by Gasteiger charge is 2.16. The number of aryl methyl sites for hydroxylation is 1. The van der Waals surface area contributed by atoms with Gasteiger partial charge in [-0.25, -0.2) is 0 Å². The van der Waals surface area contributed by atoms with Crippen molar-refractivity contribution in [3.05, 3.63) is 57.9 Å². The summed E-state index contributed by atoms with van der Waals surface area (Å²) in [6.45, 7) is 3.82. The van der Waals surface area contributed by atoms with Gasteiger partial charge in [0.25, 0.3) is 0 Å². The molecule has 6 heteroatoms. The molecule has 0 saturated heterocycles. The minimum atomic E-state index is -0.469. The lowest BCUT2D eigenvalue weighted by molar-refractivity contribution is -0.385. The van der Waals surface area contributed by atoms with Gasteiger partial charge in [-0.2, -0.15) is 0 Å². The Balaban J connectivity index is 2.26. The van der Waals surface area contributed by atoms with Crippen LogP contribution in [0, 0.1) is 17.0 Å². The van der Waals surface area contributed by atoms with Crippen molar-refractivity contribution in [2.24, 2.45) is 5.73 Å². The fraction of sp³-hybridized carbons (Fsp3) is 0.267. The second-order valence-corrected chi connectivity index (χ2v) is 4.76. The van der Waals surface area contributed by atoms with Crippen LogP contribution in [0.25, 0.3) is 0 Å². The van der Waals surface area contributed by atoms with Crippen LogP contribution in [0.3, 0.4) is 0 Å². The minimum Gasteiger partial charge on any atom is -0.448 e. The Hall–Kier alpha value is -2.47. The number of nitrogens with two attached hydrogens (primary N) is 1. The standard InChI is InChI=1S/C15H17N3O3/c1-3-12(16)13-6-5-11(9-17-13)21-15-8-10(2)4-7-14(15)18(19)20/h4-9,12H,3,16H2,1-2H3. The van der Waals surface area contributed by atoms with Crippen LogP contribution in [0.4, 0.5) is 5.69 Å². The second-order valence-electron chi connectivity index (χ2n) is 4.76. The molecular formula is C15H17N3O3. The highest BCUT2D eigenvalue weighted by Crippen LogP contribution is 2.32. The Morgan fingerprint density at radius 2 is 2.14 bits per heavy atom. The molecule has 6 nitrogen and oxygen atoms in total. The van der Waals surface area contributed by atoms with Crippen molar-refractivity contribution in [1.82, 2.24) is 4.98 Å². The van der Waals surface area contributed by atoms with E-state index in [1.807, 2.05) is 13.8 Å². The molecule has 0 saturated carbocycles. The van der Waals surface area contributed by atoms with Crippen molar-refractivity contribution in [2.45, 2.75) is 26.3 Å². The SMILES string of the molecule is CCC(N)c1ccc(Oc2cc(C)ccc2[N+](=O)[O-])cn1. The predicted octanol–water partition coefficient (Wildman–Crippen LogP) is 3.50. The van der Waals surface area contributed by atoms with Crippen LogP contribution < -0.4 is 10.5 Å². The number of nitrogens with zero attached hydrogens (tertiary/aromatic N) is 2. The van der Waals surface area contributed by atoms with Gasteiger partial charge in [-0.1, -0.05) is 13.0 Å². The van der Waals surface area contributed by atoms with E-state index in [1.165, 1.54) is 12.3 Å². The molecule has 0 radical (unpaired) electrons. The molecular weight excluding hydrogens is 270 g/mol. The molecule has 0 aliphatic rings. The number of aromatic nitrogens is 1. The number of benzene rings is 1. The quantitative estimate of drug-likeness (QED) is 0.671.